The standard InChI is InChI=1S/C28H32N6O2/c1-29-25(28(35)34-13-12-21(17-34)33(2)3)19-9-7-8-18(14-19)20-15-23-26(31-32-27(23)30-16-20)22-10-5-6-11-24(22)36-4/h5-11,14-16,21,25,29H,12-13,17H2,1-4H3,(H,30,31,32). The highest BCUT2D eigenvalue weighted by atomic mass is 16.5. The van der Waals surface area contributed by atoms with Gasteiger partial charge in [-0.25, -0.2) is 4.98 Å². The summed E-state index contributed by atoms with van der Waals surface area (Å²) in [4.78, 5) is 22.2. The molecule has 186 valence electrons. The minimum atomic E-state index is -0.402. The van der Waals surface area contributed by atoms with E-state index in [1.165, 1.54) is 0 Å². The topological polar surface area (TPSA) is 86.4 Å². The number of carbonyl (C=O) groups excluding carboxylic acids is 1. The molecule has 0 spiro atoms. The molecule has 4 aromatic rings. The van der Waals surface area contributed by atoms with Gasteiger partial charge in [-0.3, -0.25) is 9.89 Å². The van der Waals surface area contributed by atoms with Gasteiger partial charge in [0.25, 0.3) is 0 Å². The molecule has 36 heavy (non-hydrogen) atoms. The number of benzene rings is 2. The highest BCUT2D eigenvalue weighted by Crippen LogP contribution is 2.34. The first-order valence-corrected chi connectivity index (χ1v) is 12.2. The highest BCUT2D eigenvalue weighted by Gasteiger charge is 2.32. The summed E-state index contributed by atoms with van der Waals surface area (Å²) in [6.45, 7) is 1.54. The van der Waals surface area contributed by atoms with Crippen LogP contribution in [0.5, 0.6) is 5.75 Å². The quantitative estimate of drug-likeness (QED) is 0.416. The van der Waals surface area contributed by atoms with Crippen molar-refractivity contribution in [2.24, 2.45) is 0 Å². The lowest BCUT2D eigenvalue weighted by atomic mass is 9.98. The lowest BCUT2D eigenvalue weighted by molar-refractivity contribution is -0.132. The Hall–Kier alpha value is -3.75. The Balaban J connectivity index is 1.47. The number of hydrogen-bond acceptors (Lipinski definition) is 6. The molecular weight excluding hydrogens is 452 g/mol. The van der Waals surface area contributed by atoms with Crippen molar-refractivity contribution in [3.8, 4) is 28.1 Å². The van der Waals surface area contributed by atoms with E-state index in [0.717, 1.165) is 58.6 Å². The maximum absolute atomic E-state index is 13.4. The van der Waals surface area contributed by atoms with Gasteiger partial charge < -0.3 is 19.9 Å². The van der Waals surface area contributed by atoms with Crippen LogP contribution in [0, 0.1) is 0 Å². The molecule has 5 rings (SSSR count). The summed E-state index contributed by atoms with van der Waals surface area (Å²) in [5, 5.41) is 11.7. The summed E-state index contributed by atoms with van der Waals surface area (Å²) in [5.74, 6) is 0.880. The van der Waals surface area contributed by atoms with Crippen molar-refractivity contribution < 1.29 is 9.53 Å². The average Bonchev–Trinajstić information content (AvgIpc) is 3.57. The number of nitrogens with zero attached hydrogens (tertiary/aromatic N) is 4. The third-order valence-electron chi connectivity index (χ3n) is 7.08. The number of aromatic nitrogens is 3. The predicted octanol–water partition coefficient (Wildman–Crippen LogP) is 3.72. The minimum Gasteiger partial charge on any atom is -0.496 e. The summed E-state index contributed by atoms with van der Waals surface area (Å²) >= 11 is 0. The van der Waals surface area contributed by atoms with Gasteiger partial charge in [0, 0.05) is 41.8 Å². The van der Waals surface area contributed by atoms with Gasteiger partial charge in [0.15, 0.2) is 5.65 Å². The summed E-state index contributed by atoms with van der Waals surface area (Å²) in [6.07, 6.45) is 2.83. The first-order valence-electron chi connectivity index (χ1n) is 12.2. The molecule has 8 nitrogen and oxygen atoms in total. The molecular formula is C28H32N6O2. The van der Waals surface area contributed by atoms with Gasteiger partial charge in [0.05, 0.1) is 12.8 Å². The number of fused-ring (bicyclic) bond motifs is 1. The zero-order chi connectivity index (χ0) is 25.2. The molecule has 1 saturated heterocycles. The second-order valence-electron chi connectivity index (χ2n) is 9.43. The van der Waals surface area contributed by atoms with Crippen LogP contribution in [-0.4, -0.2) is 78.3 Å². The van der Waals surface area contributed by atoms with E-state index in [4.69, 9.17) is 4.74 Å². The van der Waals surface area contributed by atoms with E-state index in [9.17, 15) is 4.79 Å². The number of H-pyrrole nitrogens is 1. The maximum atomic E-state index is 13.4. The lowest BCUT2D eigenvalue weighted by Gasteiger charge is -2.25. The van der Waals surface area contributed by atoms with E-state index in [-0.39, 0.29) is 5.91 Å². The number of likely N-dealkylation sites (tertiary alicyclic amines) is 1. The third kappa shape index (κ3) is 4.45. The summed E-state index contributed by atoms with van der Waals surface area (Å²) in [6, 6.07) is 18.1. The molecule has 2 aromatic heterocycles. The molecule has 2 N–H and O–H groups in total. The number of methoxy groups -OCH3 is 1. The minimum absolute atomic E-state index is 0.112. The molecule has 1 fully saturated rings. The monoisotopic (exact) mass is 484 g/mol. The van der Waals surface area contributed by atoms with Crippen LogP contribution in [-0.2, 0) is 4.79 Å². The van der Waals surface area contributed by atoms with E-state index in [0.29, 0.717) is 11.7 Å². The number of para-hydroxylation sites is 1. The van der Waals surface area contributed by atoms with Gasteiger partial charge in [0.2, 0.25) is 5.91 Å². The maximum Gasteiger partial charge on any atom is 0.244 e. The van der Waals surface area contributed by atoms with E-state index < -0.39 is 6.04 Å². The Morgan fingerprint density at radius 1 is 1.17 bits per heavy atom. The molecule has 8 heteroatoms. The SMILES string of the molecule is CNC(C(=O)N1CCC(N(C)C)C1)c1cccc(-c2cnc3n[nH]c(-c4ccccc4OC)c3c2)c1. The second-order valence-corrected chi connectivity index (χ2v) is 9.43. The van der Waals surface area contributed by atoms with Crippen LogP contribution in [0.15, 0.2) is 60.8 Å². The van der Waals surface area contributed by atoms with Gasteiger partial charge in [0.1, 0.15) is 11.8 Å². The molecule has 0 saturated carbocycles. The Morgan fingerprint density at radius 2 is 2.00 bits per heavy atom. The number of rotatable bonds is 7. The smallest absolute Gasteiger partial charge is 0.244 e. The molecule has 2 aromatic carbocycles. The molecule has 0 radical (unpaired) electrons. The van der Waals surface area contributed by atoms with E-state index in [2.05, 4.69) is 51.6 Å². The van der Waals surface area contributed by atoms with Crippen LogP contribution in [0.4, 0.5) is 0 Å². The Bertz CT molecular complexity index is 1380. The van der Waals surface area contributed by atoms with Crippen molar-refractivity contribution in [3.63, 3.8) is 0 Å². The first kappa shape index (κ1) is 24.0. The number of nitrogens with one attached hydrogen (secondary N) is 2. The summed E-state index contributed by atoms with van der Waals surface area (Å²) in [7, 11) is 7.64. The molecule has 2 atom stereocenters. The third-order valence-corrected chi connectivity index (χ3v) is 7.08. The molecule has 0 aliphatic carbocycles. The average molecular weight is 485 g/mol. The van der Waals surface area contributed by atoms with Gasteiger partial charge in [-0.15, -0.1) is 0 Å². The zero-order valence-electron chi connectivity index (χ0n) is 21.2. The Morgan fingerprint density at radius 3 is 2.75 bits per heavy atom. The van der Waals surface area contributed by atoms with Crippen molar-refractivity contribution in [3.05, 3.63) is 66.4 Å². The van der Waals surface area contributed by atoms with Crippen LogP contribution < -0.4 is 10.1 Å². The largest absolute Gasteiger partial charge is 0.496 e. The number of pyridine rings is 1. The van der Waals surface area contributed by atoms with E-state index >= 15 is 0 Å². The summed E-state index contributed by atoms with van der Waals surface area (Å²) < 4.78 is 5.56. The molecule has 1 aliphatic rings. The molecule has 0 bridgehead atoms. The van der Waals surface area contributed by atoms with Crippen LogP contribution in [0.25, 0.3) is 33.4 Å². The van der Waals surface area contributed by atoms with Gasteiger partial charge in [-0.05, 0) is 63.0 Å². The van der Waals surface area contributed by atoms with Crippen LogP contribution in [0.1, 0.15) is 18.0 Å². The lowest BCUT2D eigenvalue weighted by Crippen LogP contribution is -2.40. The van der Waals surface area contributed by atoms with Crippen molar-refractivity contribution >= 4 is 16.9 Å². The number of ether oxygens (including phenoxy) is 1. The fraction of sp³-hybridized carbons (Fsp3) is 0.321. The fourth-order valence-electron chi connectivity index (χ4n) is 4.99. The first-order chi connectivity index (χ1) is 17.5. The fourth-order valence-corrected chi connectivity index (χ4v) is 4.99. The second kappa shape index (κ2) is 10.1. The van der Waals surface area contributed by atoms with E-state index in [1.54, 1.807) is 7.11 Å². The van der Waals surface area contributed by atoms with Crippen LogP contribution in [0.2, 0.25) is 0 Å². The number of hydrogen-bond donors (Lipinski definition) is 2. The van der Waals surface area contributed by atoms with Crippen molar-refractivity contribution in [2.45, 2.75) is 18.5 Å². The number of aromatic amines is 1. The van der Waals surface area contributed by atoms with Crippen molar-refractivity contribution in [1.82, 2.24) is 30.3 Å². The van der Waals surface area contributed by atoms with Crippen molar-refractivity contribution in [1.29, 1.82) is 0 Å². The number of carbonyl (C=O) groups is 1. The summed E-state index contributed by atoms with van der Waals surface area (Å²) in [5.41, 5.74) is 5.32. The normalized spacial score (nSPS) is 16.6. The Labute approximate surface area is 211 Å². The van der Waals surface area contributed by atoms with Gasteiger partial charge in [-0.2, -0.15) is 5.10 Å². The van der Waals surface area contributed by atoms with Crippen LogP contribution >= 0.6 is 0 Å². The number of likely N-dealkylation sites (N-methyl/N-ethyl adjacent to an activating group) is 2. The van der Waals surface area contributed by atoms with Crippen LogP contribution in [0.3, 0.4) is 0 Å². The van der Waals surface area contributed by atoms with E-state index in [1.807, 2.05) is 60.6 Å². The number of amides is 1. The molecule has 1 amide bonds. The molecule has 3 heterocycles. The van der Waals surface area contributed by atoms with Gasteiger partial charge >= 0.3 is 0 Å². The highest BCUT2D eigenvalue weighted by molar-refractivity contribution is 5.95. The Kier molecular flexibility index (Phi) is 6.71. The van der Waals surface area contributed by atoms with Crippen molar-refractivity contribution in [2.75, 3.05) is 41.3 Å². The van der Waals surface area contributed by atoms with Gasteiger partial charge in [-0.1, -0.05) is 30.3 Å². The predicted molar refractivity (Wildman–Crippen MR) is 142 cm³/mol. The zero-order valence-corrected chi connectivity index (χ0v) is 21.2. The molecule has 1 aliphatic heterocycles. The molecule has 2 unspecified atom stereocenters.